The summed E-state index contributed by atoms with van der Waals surface area (Å²) < 4.78 is 68.9. The normalized spacial score (nSPS) is 17.8. The zero-order valence-electron chi connectivity index (χ0n) is 20.4. The molecule has 3 aromatic rings. The number of hydrogen-bond acceptors (Lipinski definition) is 3. The van der Waals surface area contributed by atoms with Crippen molar-refractivity contribution in [1.82, 2.24) is 15.1 Å². The molecule has 1 fully saturated rings. The lowest BCUT2D eigenvalue weighted by atomic mass is 9.75. The Morgan fingerprint density at radius 1 is 1.11 bits per heavy atom. The summed E-state index contributed by atoms with van der Waals surface area (Å²) in [6, 6.07) is 8.72. The number of amides is 1. The van der Waals surface area contributed by atoms with Crippen LogP contribution in [0.3, 0.4) is 0 Å². The molecule has 4 rings (SSSR count). The van der Waals surface area contributed by atoms with Crippen molar-refractivity contribution >= 4 is 5.91 Å². The van der Waals surface area contributed by atoms with Gasteiger partial charge in [0, 0.05) is 36.7 Å². The number of aryl methyl sites for hydroxylation is 2. The van der Waals surface area contributed by atoms with E-state index in [0.29, 0.717) is 12.1 Å². The van der Waals surface area contributed by atoms with Crippen LogP contribution in [0.5, 0.6) is 0 Å². The molecule has 2 aromatic carbocycles. The van der Waals surface area contributed by atoms with Crippen LogP contribution in [-0.4, -0.2) is 32.3 Å². The molecule has 198 valence electrons. The summed E-state index contributed by atoms with van der Waals surface area (Å²) in [5, 5.41) is 18.5. The maximum atomic E-state index is 13.9. The van der Waals surface area contributed by atoms with E-state index in [1.807, 2.05) is 19.2 Å². The fourth-order valence-corrected chi connectivity index (χ4v) is 4.75. The molecule has 1 aromatic heterocycles. The quantitative estimate of drug-likeness (QED) is 0.374. The summed E-state index contributed by atoms with van der Waals surface area (Å²) in [4.78, 5) is 13.3. The second kappa shape index (κ2) is 9.89. The lowest BCUT2D eigenvalue weighted by Crippen LogP contribution is -2.50. The largest absolute Gasteiger partial charge is 0.416 e. The van der Waals surface area contributed by atoms with Gasteiger partial charge in [0.1, 0.15) is 0 Å². The average Bonchev–Trinajstić information content (AvgIpc) is 3.33. The third-order valence-corrected chi connectivity index (χ3v) is 6.97. The van der Waals surface area contributed by atoms with Gasteiger partial charge in [-0.25, -0.2) is 8.78 Å². The second-order valence-electron chi connectivity index (χ2n) is 9.60. The van der Waals surface area contributed by atoms with E-state index in [-0.39, 0.29) is 24.0 Å². The topological polar surface area (TPSA) is 67.2 Å². The molecule has 0 radical (unpaired) electrons. The molecule has 0 spiro atoms. The van der Waals surface area contributed by atoms with Crippen LogP contribution >= 0.6 is 0 Å². The van der Waals surface area contributed by atoms with E-state index in [2.05, 4.69) is 10.4 Å². The predicted molar refractivity (Wildman–Crippen MR) is 128 cm³/mol. The highest BCUT2D eigenvalue weighted by atomic mass is 19.4. The van der Waals surface area contributed by atoms with E-state index in [0.717, 1.165) is 29.3 Å². The fraction of sp³-hybridized carbons (Fsp3) is 0.407. The monoisotopic (exact) mass is 521 g/mol. The minimum atomic E-state index is -4.56. The van der Waals surface area contributed by atoms with Crippen LogP contribution in [0.2, 0.25) is 0 Å². The number of aromatic nitrogens is 2. The van der Waals surface area contributed by atoms with E-state index in [1.54, 1.807) is 29.1 Å². The van der Waals surface area contributed by atoms with E-state index < -0.39 is 48.1 Å². The Balaban J connectivity index is 1.70. The second-order valence-corrected chi connectivity index (χ2v) is 9.60. The Morgan fingerprint density at radius 3 is 2.41 bits per heavy atom. The number of benzene rings is 2. The number of rotatable bonds is 6. The van der Waals surface area contributed by atoms with Gasteiger partial charge in [-0.3, -0.25) is 9.48 Å². The van der Waals surface area contributed by atoms with Gasteiger partial charge in [0.25, 0.3) is 5.91 Å². The first-order valence-electron chi connectivity index (χ1n) is 12.0. The van der Waals surface area contributed by atoms with Crippen LogP contribution < -0.4 is 5.32 Å². The summed E-state index contributed by atoms with van der Waals surface area (Å²) in [5.41, 5.74) is -0.402. The Hall–Kier alpha value is -3.27. The molecule has 1 saturated carbocycles. The van der Waals surface area contributed by atoms with Crippen molar-refractivity contribution in [3.05, 3.63) is 77.1 Å². The van der Waals surface area contributed by atoms with E-state index in [1.165, 1.54) is 6.92 Å². The number of nitrogens with zero attached hydrogens (tertiary/aromatic N) is 2. The Kier molecular flexibility index (Phi) is 7.16. The van der Waals surface area contributed by atoms with Crippen LogP contribution in [-0.2, 0) is 12.7 Å². The lowest BCUT2D eigenvalue weighted by molar-refractivity contribution is -0.137. The van der Waals surface area contributed by atoms with E-state index in [9.17, 15) is 31.9 Å². The Labute approximate surface area is 211 Å². The standard InChI is InChI=1S/C27H28F5N3O2/c1-3-35-16-20(15-33-35)18-5-4-6-19(14-18)23(25(37)9-11-26(28,29)12-10-25)34-24(36)22-8-7-21(13-17(22)2)27(30,31)32/h4-8,13-16,23,37H,3,9-12H2,1-2H3,(H,34,36). The third-order valence-electron chi connectivity index (χ3n) is 6.97. The number of hydrogen-bond donors (Lipinski definition) is 2. The maximum absolute atomic E-state index is 13.9. The summed E-state index contributed by atoms with van der Waals surface area (Å²) in [7, 11) is 0. The van der Waals surface area contributed by atoms with E-state index >= 15 is 0 Å². The first-order chi connectivity index (χ1) is 17.3. The number of halogens is 5. The van der Waals surface area contributed by atoms with Gasteiger partial charge >= 0.3 is 6.18 Å². The van der Waals surface area contributed by atoms with Gasteiger partial charge in [0.05, 0.1) is 23.4 Å². The van der Waals surface area contributed by atoms with Crippen molar-refractivity contribution in [2.45, 2.75) is 69.8 Å². The third kappa shape index (κ3) is 5.84. The summed E-state index contributed by atoms with van der Waals surface area (Å²) >= 11 is 0. The van der Waals surface area contributed by atoms with Crippen LogP contribution in [0.25, 0.3) is 11.1 Å². The van der Waals surface area contributed by atoms with Gasteiger partial charge in [0.15, 0.2) is 0 Å². The number of carbonyl (C=O) groups excluding carboxylic acids is 1. The molecule has 1 aliphatic carbocycles. The molecule has 37 heavy (non-hydrogen) atoms. The summed E-state index contributed by atoms with van der Waals surface area (Å²) in [5.74, 6) is -3.62. The van der Waals surface area contributed by atoms with Gasteiger partial charge in [-0.1, -0.05) is 18.2 Å². The first-order valence-corrected chi connectivity index (χ1v) is 12.0. The molecule has 1 heterocycles. The molecular formula is C27H28F5N3O2. The molecule has 1 atom stereocenters. The zero-order valence-corrected chi connectivity index (χ0v) is 20.4. The minimum absolute atomic E-state index is 0.00289. The van der Waals surface area contributed by atoms with Crippen LogP contribution in [0.4, 0.5) is 22.0 Å². The first kappa shape index (κ1) is 26.8. The highest BCUT2D eigenvalue weighted by molar-refractivity contribution is 5.96. The molecule has 5 nitrogen and oxygen atoms in total. The molecular weight excluding hydrogens is 493 g/mol. The molecule has 0 aliphatic heterocycles. The molecule has 1 amide bonds. The van der Waals surface area contributed by atoms with Crippen molar-refractivity contribution in [3.63, 3.8) is 0 Å². The van der Waals surface area contributed by atoms with Crippen molar-refractivity contribution in [2.24, 2.45) is 0 Å². The van der Waals surface area contributed by atoms with E-state index in [4.69, 9.17) is 0 Å². The Bertz CT molecular complexity index is 1280. The van der Waals surface area contributed by atoms with Gasteiger partial charge in [-0.05, 0) is 67.6 Å². The zero-order chi connectivity index (χ0) is 27.0. The molecule has 0 saturated heterocycles. The summed E-state index contributed by atoms with van der Waals surface area (Å²) in [6.45, 7) is 4.00. The fourth-order valence-electron chi connectivity index (χ4n) is 4.75. The van der Waals surface area contributed by atoms with Gasteiger partial charge in [-0.15, -0.1) is 0 Å². The smallest absolute Gasteiger partial charge is 0.387 e. The highest BCUT2D eigenvalue weighted by Gasteiger charge is 2.47. The van der Waals surface area contributed by atoms with Gasteiger partial charge < -0.3 is 10.4 Å². The number of carbonyl (C=O) groups is 1. The Morgan fingerprint density at radius 2 is 1.81 bits per heavy atom. The number of alkyl halides is 5. The van der Waals surface area contributed by atoms with Crippen molar-refractivity contribution < 1.29 is 31.9 Å². The number of aliphatic hydroxyl groups is 1. The van der Waals surface area contributed by atoms with Crippen molar-refractivity contribution in [3.8, 4) is 11.1 Å². The molecule has 10 heteroatoms. The molecule has 1 unspecified atom stereocenters. The van der Waals surface area contributed by atoms with Crippen LogP contribution in [0.15, 0.2) is 54.9 Å². The molecule has 0 bridgehead atoms. The number of nitrogens with one attached hydrogen (secondary N) is 1. The predicted octanol–water partition coefficient (Wildman–Crippen LogP) is 6.31. The van der Waals surface area contributed by atoms with Crippen molar-refractivity contribution in [2.75, 3.05) is 0 Å². The van der Waals surface area contributed by atoms with Gasteiger partial charge in [0.2, 0.25) is 5.92 Å². The highest BCUT2D eigenvalue weighted by Crippen LogP contribution is 2.45. The lowest BCUT2D eigenvalue weighted by Gasteiger charge is -2.42. The minimum Gasteiger partial charge on any atom is -0.387 e. The summed E-state index contributed by atoms with van der Waals surface area (Å²) in [6.07, 6.45) is -2.64. The van der Waals surface area contributed by atoms with Crippen LogP contribution in [0.1, 0.15) is 65.7 Å². The SMILES string of the molecule is CCn1cc(-c2cccc(C(NC(=O)c3ccc(C(F)(F)F)cc3C)C3(O)CCC(F)(F)CC3)c2)cn1. The average molecular weight is 522 g/mol. The molecule has 2 N–H and O–H groups in total. The van der Waals surface area contributed by atoms with Crippen molar-refractivity contribution in [1.29, 1.82) is 0 Å². The van der Waals surface area contributed by atoms with Crippen LogP contribution in [0, 0.1) is 6.92 Å². The maximum Gasteiger partial charge on any atom is 0.416 e. The molecule has 1 aliphatic rings. The van der Waals surface area contributed by atoms with Gasteiger partial charge in [-0.2, -0.15) is 18.3 Å².